The summed E-state index contributed by atoms with van der Waals surface area (Å²) in [5, 5.41) is 31.4. The van der Waals surface area contributed by atoms with Crippen LogP contribution in [0.3, 0.4) is 0 Å². The minimum atomic E-state index is -1.27. The second kappa shape index (κ2) is 8.10. The Bertz CT molecular complexity index is 1440. The average Bonchev–Trinajstić information content (AvgIpc) is 3.43. The fourth-order valence-corrected chi connectivity index (χ4v) is 6.33. The van der Waals surface area contributed by atoms with Crippen LogP contribution in [-0.2, 0) is 16.0 Å². The number of aliphatic hydroxyl groups is 1. The zero-order valence-electron chi connectivity index (χ0n) is 18.6. The van der Waals surface area contributed by atoms with E-state index in [4.69, 9.17) is 0 Å². The van der Waals surface area contributed by atoms with Crippen molar-refractivity contribution in [3.05, 3.63) is 68.7 Å². The lowest BCUT2D eigenvalue weighted by atomic mass is 9.74. The topological polar surface area (TPSA) is 155 Å². The number of imidazole rings is 1. The number of β-lactam (4-membered cyclic amide) rings is 1. The van der Waals surface area contributed by atoms with Crippen LogP contribution in [0.4, 0.5) is 5.69 Å². The van der Waals surface area contributed by atoms with Crippen LogP contribution in [0, 0.1) is 22.0 Å². The number of fused-ring (bicyclic) bond motifs is 2. The van der Waals surface area contributed by atoms with Crippen LogP contribution in [0.2, 0.25) is 0 Å². The van der Waals surface area contributed by atoms with Gasteiger partial charge in [-0.15, -0.1) is 11.3 Å². The number of ketones is 1. The van der Waals surface area contributed by atoms with E-state index in [1.54, 1.807) is 22.7 Å². The average molecular weight is 497 g/mol. The summed E-state index contributed by atoms with van der Waals surface area (Å²) < 4.78 is 1.65. The Labute approximate surface area is 202 Å². The number of carboxylic acid groups (broad SMARTS) is 1. The number of Topliss-reactive ketones (excluding diaryl/α,β-unsaturated/α-hetero) is 1. The maximum atomic E-state index is 12.9. The normalized spacial score (nSPS) is 22.3. The van der Waals surface area contributed by atoms with E-state index in [9.17, 15) is 34.7 Å². The number of aromatic nitrogens is 2. The van der Waals surface area contributed by atoms with Crippen molar-refractivity contribution < 1.29 is 29.5 Å². The van der Waals surface area contributed by atoms with E-state index >= 15 is 0 Å². The predicted molar refractivity (Wildman–Crippen MR) is 124 cm³/mol. The number of carbonyl (C=O) groups excluding carboxylic acids is 2. The quantitative estimate of drug-likeness (QED) is 0.219. The van der Waals surface area contributed by atoms with Gasteiger partial charge in [0.1, 0.15) is 22.5 Å². The smallest absolute Gasteiger partial charge is 0.352 e. The zero-order valence-corrected chi connectivity index (χ0v) is 19.4. The molecule has 11 nitrogen and oxygen atoms in total. The number of benzene rings is 1. The van der Waals surface area contributed by atoms with Gasteiger partial charge in [-0.05, 0) is 18.9 Å². The van der Waals surface area contributed by atoms with Crippen molar-refractivity contribution in [2.24, 2.45) is 11.8 Å². The molecular formula is C23H20N4O7S. The van der Waals surface area contributed by atoms with Crippen LogP contribution in [0.15, 0.2) is 42.5 Å². The highest BCUT2D eigenvalue weighted by Gasteiger charge is 2.61. The molecule has 2 aromatic heterocycles. The molecule has 1 fully saturated rings. The molecule has 0 radical (unpaired) electrons. The van der Waals surface area contributed by atoms with E-state index in [0.717, 1.165) is 5.56 Å². The highest BCUT2D eigenvalue weighted by molar-refractivity contribution is 7.18. The minimum absolute atomic E-state index is 0.0675. The van der Waals surface area contributed by atoms with E-state index in [-0.39, 0.29) is 22.9 Å². The van der Waals surface area contributed by atoms with Crippen molar-refractivity contribution in [3.8, 4) is 0 Å². The lowest BCUT2D eigenvalue weighted by Crippen LogP contribution is -2.64. The molecule has 4 atom stereocenters. The highest BCUT2D eigenvalue weighted by atomic mass is 32.1. The van der Waals surface area contributed by atoms with E-state index in [0.29, 0.717) is 21.7 Å². The highest BCUT2D eigenvalue weighted by Crippen LogP contribution is 2.52. The van der Waals surface area contributed by atoms with Crippen LogP contribution in [0.25, 0.3) is 10.4 Å². The first kappa shape index (κ1) is 22.9. The van der Waals surface area contributed by atoms with Crippen LogP contribution < -0.4 is 0 Å². The Hall–Kier alpha value is -3.90. The first-order chi connectivity index (χ1) is 16.6. The van der Waals surface area contributed by atoms with Crippen LogP contribution in [-0.4, -0.2) is 59.2 Å². The molecule has 3 aromatic rings. The van der Waals surface area contributed by atoms with Gasteiger partial charge in [-0.3, -0.25) is 24.1 Å². The molecule has 2 aliphatic heterocycles. The number of aliphatic carboxylic acids is 1. The molecular weight excluding hydrogens is 476 g/mol. The molecule has 2 aliphatic rings. The van der Waals surface area contributed by atoms with Crippen LogP contribution in [0.5, 0.6) is 0 Å². The summed E-state index contributed by atoms with van der Waals surface area (Å²) in [6.45, 7) is 2.90. The van der Waals surface area contributed by atoms with Gasteiger partial charge in [0.2, 0.25) is 5.91 Å². The third-order valence-corrected chi connectivity index (χ3v) is 7.75. The molecule has 1 unspecified atom stereocenters. The Morgan fingerprint density at radius 1 is 1.29 bits per heavy atom. The number of nitro groups is 1. The molecule has 5 rings (SSSR count). The summed E-state index contributed by atoms with van der Waals surface area (Å²) in [6.07, 6.45) is 2.48. The van der Waals surface area contributed by atoms with Crippen molar-refractivity contribution in [2.45, 2.75) is 32.4 Å². The molecule has 1 amide bonds. The zero-order chi connectivity index (χ0) is 25.2. The van der Waals surface area contributed by atoms with Gasteiger partial charge in [0.05, 0.1) is 27.9 Å². The number of carbonyl (C=O) groups is 3. The summed E-state index contributed by atoms with van der Waals surface area (Å²) in [6, 6.07) is 5.39. The van der Waals surface area contributed by atoms with Crippen LogP contribution in [0.1, 0.15) is 34.8 Å². The second-order valence-corrected chi connectivity index (χ2v) is 9.75. The molecule has 35 heavy (non-hydrogen) atoms. The van der Waals surface area contributed by atoms with Crippen molar-refractivity contribution in [2.75, 3.05) is 0 Å². The van der Waals surface area contributed by atoms with Crippen molar-refractivity contribution in [3.63, 3.8) is 0 Å². The number of non-ortho nitro benzene ring substituents is 1. The predicted octanol–water partition coefficient (Wildman–Crippen LogP) is 2.38. The van der Waals surface area contributed by atoms with E-state index < -0.39 is 40.8 Å². The molecule has 12 heteroatoms. The third kappa shape index (κ3) is 3.44. The number of nitro benzene ring substituents is 1. The summed E-state index contributed by atoms with van der Waals surface area (Å²) >= 11 is 1.21. The summed E-state index contributed by atoms with van der Waals surface area (Å²) in [5.41, 5.74) is 1.21. The van der Waals surface area contributed by atoms with Gasteiger partial charge in [-0.2, -0.15) is 0 Å². The lowest BCUT2D eigenvalue weighted by Gasteiger charge is -2.47. The first-order valence-corrected chi connectivity index (χ1v) is 11.6. The summed E-state index contributed by atoms with van der Waals surface area (Å²) in [4.78, 5) is 54.3. The maximum absolute atomic E-state index is 12.9. The molecule has 180 valence electrons. The van der Waals surface area contributed by atoms with Gasteiger partial charge >= 0.3 is 5.97 Å². The lowest BCUT2D eigenvalue weighted by molar-refractivity contribution is -0.384. The van der Waals surface area contributed by atoms with Gasteiger partial charge in [0.15, 0.2) is 5.78 Å². The number of carboxylic acids is 1. The van der Waals surface area contributed by atoms with Gasteiger partial charge < -0.3 is 15.1 Å². The van der Waals surface area contributed by atoms with Crippen molar-refractivity contribution in [1.82, 2.24) is 14.3 Å². The number of thiazole rings is 1. The monoisotopic (exact) mass is 496 g/mol. The number of hydrogen-bond acceptors (Lipinski definition) is 8. The fraction of sp³-hybridized carbons (Fsp3) is 0.304. The third-order valence-electron chi connectivity index (χ3n) is 6.60. The Morgan fingerprint density at radius 3 is 2.54 bits per heavy atom. The number of hydrogen-bond donors (Lipinski definition) is 2. The summed E-state index contributed by atoms with van der Waals surface area (Å²) in [7, 11) is 0. The van der Waals surface area contributed by atoms with Gasteiger partial charge in [-0.1, -0.05) is 12.1 Å². The largest absolute Gasteiger partial charge is 0.477 e. The number of rotatable bonds is 7. The molecule has 4 heterocycles. The minimum Gasteiger partial charge on any atom is -0.477 e. The van der Waals surface area contributed by atoms with E-state index in [1.807, 2.05) is 0 Å². The molecule has 0 spiro atoms. The second-order valence-electron chi connectivity index (χ2n) is 8.72. The Balaban J connectivity index is 1.65. The van der Waals surface area contributed by atoms with Gasteiger partial charge in [0, 0.05) is 36.7 Å². The SMILES string of the molecule is CC(=O)c1ncn2cc(C3=C(C(=O)O)N4C(=O)[C@H]([C@@H](C)O)[C@H]4C3Cc3ccc([N+](=O)[O-])cc3)sc12. The van der Waals surface area contributed by atoms with Crippen LogP contribution >= 0.6 is 11.3 Å². The number of amides is 1. The molecule has 0 saturated carbocycles. The summed E-state index contributed by atoms with van der Waals surface area (Å²) in [5.74, 6) is -3.21. The standard InChI is InChI=1S/C23H20N4O7S/c1-10(28)16-19-14(7-12-3-5-13(6-4-12)27(33)34)17(20(23(31)32)26(19)21(16)30)15-8-25-9-24-18(11(2)29)22(25)35-15/h3-6,8-10,14,16,19,28H,7H2,1-2H3,(H,31,32)/t10-,14?,16-,19-/m1/s1. The van der Waals surface area contributed by atoms with E-state index in [2.05, 4.69) is 4.98 Å². The van der Waals surface area contributed by atoms with Gasteiger partial charge in [0.25, 0.3) is 5.69 Å². The Kier molecular flexibility index (Phi) is 5.29. The molecule has 0 bridgehead atoms. The first-order valence-electron chi connectivity index (χ1n) is 10.8. The molecule has 2 N–H and O–H groups in total. The molecule has 1 aromatic carbocycles. The molecule has 0 aliphatic carbocycles. The van der Waals surface area contributed by atoms with E-state index in [1.165, 1.54) is 48.5 Å². The molecule has 1 saturated heterocycles. The number of aliphatic hydroxyl groups excluding tert-OH is 1. The van der Waals surface area contributed by atoms with Crippen molar-refractivity contribution in [1.29, 1.82) is 0 Å². The fourth-order valence-electron chi connectivity index (χ4n) is 5.10. The Morgan fingerprint density at radius 2 is 1.97 bits per heavy atom. The van der Waals surface area contributed by atoms with Gasteiger partial charge in [-0.25, -0.2) is 9.78 Å². The maximum Gasteiger partial charge on any atom is 0.352 e. The number of nitrogens with zero attached hydrogens (tertiary/aromatic N) is 4. The van der Waals surface area contributed by atoms with Crippen molar-refractivity contribution >= 4 is 45.1 Å².